The molecule has 29 heavy (non-hydrogen) atoms. The van der Waals surface area contributed by atoms with E-state index in [0.717, 1.165) is 31.2 Å². The van der Waals surface area contributed by atoms with E-state index in [4.69, 9.17) is 0 Å². The third-order valence-corrected chi connectivity index (χ3v) is 6.63. The minimum Gasteiger partial charge on any atom is -0.352 e. The van der Waals surface area contributed by atoms with Crippen molar-refractivity contribution in [2.45, 2.75) is 58.3 Å². The fraction of sp³-hybridized carbons (Fsp3) is 0.435. The molecule has 0 aliphatic heterocycles. The number of carbonyl (C=O) groups is 1. The SMILES string of the molecule is CCCCC(CC)CNC(=O)c1cccc(NS(=O)(=O)c2ccc(C)cc2)c1C. The van der Waals surface area contributed by atoms with Gasteiger partial charge in [-0.05, 0) is 56.0 Å². The van der Waals surface area contributed by atoms with E-state index in [0.29, 0.717) is 29.3 Å². The molecule has 0 aliphatic rings. The summed E-state index contributed by atoms with van der Waals surface area (Å²) in [6, 6.07) is 11.8. The first-order valence-corrected chi connectivity index (χ1v) is 11.7. The lowest BCUT2D eigenvalue weighted by Gasteiger charge is -2.17. The lowest BCUT2D eigenvalue weighted by Crippen LogP contribution is -2.30. The Balaban J connectivity index is 2.14. The van der Waals surface area contributed by atoms with Crippen molar-refractivity contribution in [3.05, 3.63) is 59.2 Å². The molecule has 0 aliphatic carbocycles. The molecule has 1 amide bonds. The number of rotatable bonds is 10. The molecule has 0 saturated carbocycles. The van der Waals surface area contributed by atoms with E-state index in [2.05, 4.69) is 23.9 Å². The zero-order valence-electron chi connectivity index (χ0n) is 17.8. The van der Waals surface area contributed by atoms with E-state index in [1.54, 1.807) is 49.4 Å². The highest BCUT2D eigenvalue weighted by Crippen LogP contribution is 2.23. The predicted octanol–water partition coefficient (Wildman–Crippen LogP) is 5.05. The fourth-order valence-corrected chi connectivity index (χ4v) is 4.31. The summed E-state index contributed by atoms with van der Waals surface area (Å²) in [5, 5.41) is 3.01. The third kappa shape index (κ3) is 6.32. The van der Waals surface area contributed by atoms with Gasteiger partial charge in [-0.3, -0.25) is 9.52 Å². The number of hydrogen-bond acceptors (Lipinski definition) is 3. The molecule has 0 saturated heterocycles. The number of aryl methyl sites for hydroxylation is 1. The van der Waals surface area contributed by atoms with Crippen molar-refractivity contribution < 1.29 is 13.2 Å². The molecule has 1 unspecified atom stereocenters. The van der Waals surface area contributed by atoms with Crippen molar-refractivity contribution in [2.24, 2.45) is 5.92 Å². The van der Waals surface area contributed by atoms with Crippen LogP contribution >= 0.6 is 0 Å². The average Bonchev–Trinajstić information content (AvgIpc) is 2.69. The van der Waals surface area contributed by atoms with E-state index in [-0.39, 0.29) is 10.8 Å². The van der Waals surface area contributed by atoms with E-state index >= 15 is 0 Å². The number of anilines is 1. The van der Waals surface area contributed by atoms with Crippen molar-refractivity contribution in [3.8, 4) is 0 Å². The molecule has 5 nitrogen and oxygen atoms in total. The first kappa shape index (κ1) is 22.9. The van der Waals surface area contributed by atoms with Gasteiger partial charge in [-0.25, -0.2) is 8.42 Å². The van der Waals surface area contributed by atoms with Crippen molar-refractivity contribution in [1.29, 1.82) is 0 Å². The molecule has 0 spiro atoms. The molecule has 0 bridgehead atoms. The summed E-state index contributed by atoms with van der Waals surface area (Å²) in [6.45, 7) is 8.60. The molecule has 1 atom stereocenters. The first-order chi connectivity index (χ1) is 13.8. The highest BCUT2D eigenvalue weighted by Gasteiger charge is 2.18. The summed E-state index contributed by atoms with van der Waals surface area (Å²) in [6.07, 6.45) is 4.43. The number of hydrogen-bond donors (Lipinski definition) is 2. The number of carbonyl (C=O) groups excluding carboxylic acids is 1. The van der Waals surface area contributed by atoms with Crippen LogP contribution in [0.1, 0.15) is 61.0 Å². The minimum absolute atomic E-state index is 0.172. The molecule has 6 heteroatoms. The highest BCUT2D eigenvalue weighted by atomic mass is 32.2. The van der Waals surface area contributed by atoms with Crippen LogP contribution in [0.25, 0.3) is 0 Å². The van der Waals surface area contributed by atoms with Gasteiger partial charge in [0.1, 0.15) is 0 Å². The summed E-state index contributed by atoms with van der Waals surface area (Å²) < 4.78 is 28.0. The topological polar surface area (TPSA) is 75.3 Å². The molecule has 2 N–H and O–H groups in total. The molecule has 0 radical (unpaired) electrons. The van der Waals surface area contributed by atoms with Gasteiger partial charge in [-0.15, -0.1) is 0 Å². The molecular formula is C23H32N2O3S. The maximum absolute atomic E-state index is 12.7. The molecule has 158 valence electrons. The standard InChI is InChI=1S/C23H32N2O3S/c1-5-7-9-19(6-2)16-24-23(26)21-10-8-11-22(18(21)4)25-29(27,28)20-14-12-17(3)13-15-20/h8,10-15,19,25H,5-7,9,16H2,1-4H3,(H,24,26). The van der Waals surface area contributed by atoms with E-state index in [9.17, 15) is 13.2 Å². The van der Waals surface area contributed by atoms with Gasteiger partial charge in [-0.2, -0.15) is 0 Å². The smallest absolute Gasteiger partial charge is 0.261 e. The molecule has 2 aromatic rings. The largest absolute Gasteiger partial charge is 0.352 e. The zero-order valence-corrected chi connectivity index (χ0v) is 18.6. The van der Waals surface area contributed by atoms with E-state index in [1.807, 2.05) is 6.92 Å². The van der Waals surface area contributed by atoms with Gasteiger partial charge in [0.05, 0.1) is 10.6 Å². The second kappa shape index (κ2) is 10.4. The van der Waals surface area contributed by atoms with Gasteiger partial charge in [0, 0.05) is 12.1 Å². The van der Waals surface area contributed by atoms with E-state index in [1.165, 1.54) is 0 Å². The van der Waals surface area contributed by atoms with Crippen LogP contribution in [-0.4, -0.2) is 20.9 Å². The normalized spacial score (nSPS) is 12.4. The van der Waals surface area contributed by atoms with Gasteiger partial charge < -0.3 is 5.32 Å². The third-order valence-electron chi connectivity index (χ3n) is 5.25. The quantitative estimate of drug-likeness (QED) is 0.569. The van der Waals surface area contributed by atoms with Crippen molar-refractivity contribution >= 4 is 21.6 Å². The minimum atomic E-state index is -3.72. The second-order valence-corrected chi connectivity index (χ2v) is 9.21. The Morgan fingerprint density at radius 1 is 1.03 bits per heavy atom. The Bertz CT molecular complexity index is 922. The van der Waals surface area contributed by atoms with Crippen LogP contribution in [0.4, 0.5) is 5.69 Å². The van der Waals surface area contributed by atoms with E-state index < -0.39 is 10.0 Å². The molecule has 0 fully saturated rings. The maximum atomic E-state index is 12.7. The van der Waals surface area contributed by atoms with Gasteiger partial charge in [0.15, 0.2) is 0 Å². The Labute approximate surface area is 175 Å². The number of nitrogens with one attached hydrogen (secondary N) is 2. The molecule has 2 rings (SSSR count). The summed E-state index contributed by atoms with van der Waals surface area (Å²) >= 11 is 0. The van der Waals surface area contributed by atoms with Crippen LogP contribution in [0.3, 0.4) is 0 Å². The fourth-order valence-electron chi connectivity index (χ4n) is 3.19. The maximum Gasteiger partial charge on any atom is 0.261 e. The van der Waals surface area contributed by atoms with Crippen LogP contribution in [0, 0.1) is 19.8 Å². The predicted molar refractivity (Wildman–Crippen MR) is 119 cm³/mol. The number of unbranched alkanes of at least 4 members (excludes halogenated alkanes) is 1. The molecular weight excluding hydrogens is 384 g/mol. The van der Waals surface area contributed by atoms with Gasteiger partial charge >= 0.3 is 0 Å². The Morgan fingerprint density at radius 3 is 2.34 bits per heavy atom. The van der Waals surface area contributed by atoms with Gasteiger partial charge in [0.2, 0.25) is 0 Å². The average molecular weight is 417 g/mol. The summed E-state index contributed by atoms with van der Waals surface area (Å²) in [4.78, 5) is 12.9. The monoisotopic (exact) mass is 416 g/mol. The van der Waals surface area contributed by atoms with Crippen LogP contribution in [0.15, 0.2) is 47.4 Å². The van der Waals surface area contributed by atoms with Crippen LogP contribution in [0.5, 0.6) is 0 Å². The second-order valence-electron chi connectivity index (χ2n) is 7.52. The zero-order chi connectivity index (χ0) is 21.4. The Hall–Kier alpha value is -2.34. The lowest BCUT2D eigenvalue weighted by atomic mass is 9.99. The molecule has 0 heterocycles. The lowest BCUT2D eigenvalue weighted by molar-refractivity contribution is 0.0945. The van der Waals surface area contributed by atoms with Crippen LogP contribution in [0.2, 0.25) is 0 Å². The highest BCUT2D eigenvalue weighted by molar-refractivity contribution is 7.92. The molecule has 0 aromatic heterocycles. The first-order valence-electron chi connectivity index (χ1n) is 10.3. The van der Waals surface area contributed by atoms with Gasteiger partial charge in [0.25, 0.3) is 15.9 Å². The Morgan fingerprint density at radius 2 is 1.72 bits per heavy atom. The van der Waals surface area contributed by atoms with Crippen molar-refractivity contribution in [1.82, 2.24) is 5.32 Å². The van der Waals surface area contributed by atoms with Gasteiger partial charge in [-0.1, -0.05) is 56.9 Å². The van der Waals surface area contributed by atoms with Crippen LogP contribution in [-0.2, 0) is 10.0 Å². The summed E-state index contributed by atoms with van der Waals surface area (Å²) in [5.74, 6) is 0.288. The summed E-state index contributed by atoms with van der Waals surface area (Å²) in [5.41, 5.74) is 2.50. The molecule has 2 aromatic carbocycles. The summed E-state index contributed by atoms with van der Waals surface area (Å²) in [7, 11) is -3.72. The number of sulfonamides is 1. The van der Waals surface area contributed by atoms with Crippen LogP contribution < -0.4 is 10.0 Å². The number of amides is 1. The Kier molecular flexibility index (Phi) is 8.26. The van der Waals surface area contributed by atoms with Crippen molar-refractivity contribution in [3.63, 3.8) is 0 Å². The number of benzene rings is 2. The van der Waals surface area contributed by atoms with Crippen molar-refractivity contribution in [2.75, 3.05) is 11.3 Å².